The van der Waals surface area contributed by atoms with Crippen molar-refractivity contribution in [1.29, 1.82) is 0 Å². The minimum absolute atomic E-state index is 0. The fourth-order valence-electron chi connectivity index (χ4n) is 3.27. The molecular weight excluding hydrogens is 412 g/mol. The lowest BCUT2D eigenvalue weighted by Crippen LogP contribution is -3.00. The van der Waals surface area contributed by atoms with Crippen molar-refractivity contribution < 1.29 is 27.9 Å². The zero-order valence-electron chi connectivity index (χ0n) is 17.0. The largest absolute Gasteiger partial charge is 1.00 e. The van der Waals surface area contributed by atoms with E-state index in [1.807, 2.05) is 35.6 Å². The predicted molar refractivity (Wildman–Crippen MR) is 109 cm³/mol. The minimum atomic E-state index is -0.743. The molecule has 1 unspecified atom stereocenters. The van der Waals surface area contributed by atoms with Crippen molar-refractivity contribution >= 4 is 17.1 Å². The topological polar surface area (TPSA) is 131 Å². The minimum Gasteiger partial charge on any atom is -1.00 e. The van der Waals surface area contributed by atoms with Gasteiger partial charge >= 0.3 is 5.69 Å². The SMILES string of the molecule is Cn1c(=O)c2c(nc(NCCO)n2CC(O)C[NH2+]Cc2ccccc2)n(C)c1=O.[Cl-]. The number of aryl methyl sites for hydroxylation is 1. The number of hydrogen-bond donors (Lipinski definition) is 4. The lowest BCUT2D eigenvalue weighted by molar-refractivity contribution is -0.676. The van der Waals surface area contributed by atoms with Gasteiger partial charge in [0, 0.05) is 26.2 Å². The summed E-state index contributed by atoms with van der Waals surface area (Å²) in [6.07, 6.45) is -0.743. The molecule has 2 heterocycles. The Balaban J connectivity index is 0.00000320. The van der Waals surface area contributed by atoms with Crippen LogP contribution in [0, 0.1) is 0 Å². The highest BCUT2D eigenvalue weighted by atomic mass is 35.5. The molecule has 0 aliphatic heterocycles. The first-order valence-corrected chi connectivity index (χ1v) is 9.48. The smallest absolute Gasteiger partial charge is 0.332 e. The third-order valence-corrected chi connectivity index (χ3v) is 4.80. The standard InChI is InChI=1S/C19H26N6O4.ClH/c1-23-16-15(17(28)24(2)19(23)29)25(18(22-16)21-8-9-26)12-14(27)11-20-10-13-6-4-3-5-7-13;/h3-7,14,20,26-27H,8-12H2,1-2H3,(H,21,22);1H. The highest BCUT2D eigenvalue weighted by molar-refractivity contribution is 5.74. The molecule has 0 aliphatic rings. The summed E-state index contributed by atoms with van der Waals surface area (Å²) in [5, 5.41) is 24.6. The van der Waals surface area contributed by atoms with Crippen LogP contribution in [-0.2, 0) is 27.2 Å². The van der Waals surface area contributed by atoms with Gasteiger partial charge < -0.3 is 37.8 Å². The maximum absolute atomic E-state index is 12.7. The number of nitrogens with two attached hydrogens (primary N) is 1. The van der Waals surface area contributed by atoms with E-state index in [-0.39, 0.29) is 43.3 Å². The van der Waals surface area contributed by atoms with Crippen LogP contribution in [0.3, 0.4) is 0 Å². The Kier molecular flexibility index (Phi) is 8.18. The summed E-state index contributed by atoms with van der Waals surface area (Å²) in [7, 11) is 2.95. The van der Waals surface area contributed by atoms with Crippen LogP contribution < -0.4 is 34.3 Å². The Hall–Kier alpha value is -2.66. The highest BCUT2D eigenvalue weighted by Crippen LogP contribution is 2.16. The van der Waals surface area contributed by atoms with Gasteiger partial charge in [0.05, 0.1) is 13.2 Å². The van der Waals surface area contributed by atoms with E-state index in [0.29, 0.717) is 12.5 Å². The Bertz CT molecular complexity index is 1090. The molecule has 0 bridgehead atoms. The molecule has 0 saturated carbocycles. The van der Waals surface area contributed by atoms with Crippen molar-refractivity contribution in [3.8, 4) is 0 Å². The fourth-order valence-corrected chi connectivity index (χ4v) is 3.27. The summed E-state index contributed by atoms with van der Waals surface area (Å²) >= 11 is 0. The van der Waals surface area contributed by atoms with E-state index in [4.69, 9.17) is 5.11 Å². The molecule has 2 aromatic heterocycles. The van der Waals surface area contributed by atoms with Crippen LogP contribution in [0.15, 0.2) is 39.9 Å². The number of fused-ring (bicyclic) bond motifs is 1. The number of imidazole rings is 1. The molecule has 30 heavy (non-hydrogen) atoms. The molecule has 0 amide bonds. The zero-order chi connectivity index (χ0) is 21.0. The van der Waals surface area contributed by atoms with Gasteiger partial charge in [-0.05, 0) is 0 Å². The van der Waals surface area contributed by atoms with Crippen molar-refractivity contribution in [1.82, 2.24) is 18.7 Å². The van der Waals surface area contributed by atoms with Crippen molar-refractivity contribution in [3.05, 3.63) is 56.7 Å². The van der Waals surface area contributed by atoms with E-state index in [1.54, 1.807) is 11.6 Å². The van der Waals surface area contributed by atoms with Crippen LogP contribution in [0.4, 0.5) is 5.95 Å². The number of anilines is 1. The number of nitrogens with zero attached hydrogens (tertiary/aromatic N) is 4. The Morgan fingerprint density at radius 2 is 1.87 bits per heavy atom. The molecule has 164 valence electrons. The van der Waals surface area contributed by atoms with Gasteiger partial charge in [-0.25, -0.2) is 4.79 Å². The van der Waals surface area contributed by atoms with E-state index in [0.717, 1.165) is 16.7 Å². The molecule has 0 aliphatic carbocycles. The number of quaternary nitrogens is 1. The summed E-state index contributed by atoms with van der Waals surface area (Å²) in [5.74, 6) is 0.328. The fraction of sp³-hybridized carbons (Fsp3) is 0.421. The zero-order valence-corrected chi connectivity index (χ0v) is 17.7. The molecule has 0 saturated heterocycles. The molecule has 1 aromatic carbocycles. The van der Waals surface area contributed by atoms with Crippen molar-refractivity contribution in [2.45, 2.75) is 19.2 Å². The van der Waals surface area contributed by atoms with Crippen molar-refractivity contribution in [2.75, 3.05) is 25.0 Å². The van der Waals surface area contributed by atoms with Gasteiger partial charge in [-0.3, -0.25) is 13.9 Å². The first kappa shape index (κ1) is 23.6. The number of halogens is 1. The molecule has 1 atom stereocenters. The molecule has 0 radical (unpaired) electrons. The van der Waals surface area contributed by atoms with Gasteiger partial charge in [0.15, 0.2) is 11.2 Å². The number of hydrogen-bond acceptors (Lipinski definition) is 6. The Morgan fingerprint density at radius 3 is 2.53 bits per heavy atom. The number of aliphatic hydroxyl groups is 2. The van der Waals surface area contributed by atoms with Crippen LogP contribution in [0.25, 0.3) is 11.2 Å². The van der Waals surface area contributed by atoms with Crippen LogP contribution in [0.1, 0.15) is 5.56 Å². The lowest BCUT2D eigenvalue weighted by Gasteiger charge is -2.14. The average Bonchev–Trinajstić information content (AvgIpc) is 3.08. The molecule has 0 fully saturated rings. The number of benzene rings is 1. The number of aliphatic hydroxyl groups excluding tert-OH is 2. The number of nitrogens with one attached hydrogen (secondary N) is 1. The van der Waals surface area contributed by atoms with E-state index in [2.05, 4.69) is 10.3 Å². The second-order valence-corrected chi connectivity index (χ2v) is 6.94. The monoisotopic (exact) mass is 438 g/mol. The van der Waals surface area contributed by atoms with E-state index in [1.165, 1.54) is 11.6 Å². The molecule has 11 heteroatoms. The van der Waals surface area contributed by atoms with Gasteiger partial charge in [-0.1, -0.05) is 30.3 Å². The first-order chi connectivity index (χ1) is 13.9. The average molecular weight is 439 g/mol. The quantitative estimate of drug-likeness (QED) is 0.264. The molecular formula is C19H27ClN6O4. The molecule has 3 aromatic rings. The van der Waals surface area contributed by atoms with Crippen LogP contribution in [0.5, 0.6) is 0 Å². The second-order valence-electron chi connectivity index (χ2n) is 6.94. The third kappa shape index (κ3) is 4.90. The maximum atomic E-state index is 12.7. The van der Waals surface area contributed by atoms with Crippen molar-refractivity contribution in [2.24, 2.45) is 14.1 Å². The lowest BCUT2D eigenvalue weighted by atomic mass is 10.2. The first-order valence-electron chi connectivity index (χ1n) is 9.48. The highest BCUT2D eigenvalue weighted by Gasteiger charge is 2.21. The molecule has 5 N–H and O–H groups in total. The second kappa shape index (κ2) is 10.4. The van der Waals surface area contributed by atoms with Gasteiger partial charge in [0.25, 0.3) is 5.56 Å². The third-order valence-electron chi connectivity index (χ3n) is 4.80. The summed E-state index contributed by atoms with van der Waals surface area (Å²) in [6, 6.07) is 9.94. The Labute approximate surface area is 179 Å². The van der Waals surface area contributed by atoms with Crippen LogP contribution in [0.2, 0.25) is 0 Å². The normalized spacial score (nSPS) is 12.0. The summed E-state index contributed by atoms with van der Waals surface area (Å²) in [5.41, 5.74) is 0.670. The number of rotatable bonds is 9. The van der Waals surface area contributed by atoms with Gasteiger partial charge in [0.2, 0.25) is 5.95 Å². The predicted octanol–water partition coefficient (Wildman–Crippen LogP) is -5.03. The maximum Gasteiger partial charge on any atom is 0.332 e. The van der Waals surface area contributed by atoms with Gasteiger partial charge in [0.1, 0.15) is 19.2 Å². The van der Waals surface area contributed by atoms with Gasteiger partial charge in [-0.15, -0.1) is 0 Å². The van der Waals surface area contributed by atoms with Gasteiger partial charge in [-0.2, -0.15) is 4.98 Å². The molecule has 10 nitrogen and oxygen atoms in total. The van der Waals surface area contributed by atoms with E-state index >= 15 is 0 Å². The molecule has 0 spiro atoms. The summed E-state index contributed by atoms with van der Waals surface area (Å²) in [6.45, 7) is 1.40. The van der Waals surface area contributed by atoms with Crippen LogP contribution >= 0.6 is 0 Å². The summed E-state index contributed by atoms with van der Waals surface area (Å²) in [4.78, 5) is 29.3. The van der Waals surface area contributed by atoms with E-state index < -0.39 is 17.4 Å². The summed E-state index contributed by atoms with van der Waals surface area (Å²) < 4.78 is 3.89. The number of aromatic nitrogens is 4. The van der Waals surface area contributed by atoms with Crippen molar-refractivity contribution in [3.63, 3.8) is 0 Å². The van der Waals surface area contributed by atoms with E-state index in [9.17, 15) is 14.7 Å². The van der Waals surface area contributed by atoms with Crippen LogP contribution in [-0.4, -0.2) is 54.7 Å². The Morgan fingerprint density at radius 1 is 1.17 bits per heavy atom. The molecule has 3 rings (SSSR count).